The average molecular weight is 437 g/mol. The lowest BCUT2D eigenvalue weighted by atomic mass is 9.82. The summed E-state index contributed by atoms with van der Waals surface area (Å²) in [5, 5.41) is 6.01. The Morgan fingerprint density at radius 3 is 2.59 bits per heavy atom. The molecule has 0 bridgehead atoms. The molecule has 4 N–H and O–H groups in total. The van der Waals surface area contributed by atoms with E-state index >= 15 is 0 Å². The Bertz CT molecular complexity index is 1130. The number of rotatable bonds is 8. The van der Waals surface area contributed by atoms with Gasteiger partial charge in [-0.15, -0.1) is 0 Å². The Kier molecular flexibility index (Phi) is 6.84. The number of hydrogen-bond donors (Lipinski definition) is 4. The van der Waals surface area contributed by atoms with Gasteiger partial charge in [0.05, 0.1) is 6.33 Å². The zero-order valence-corrected chi connectivity index (χ0v) is 17.8. The van der Waals surface area contributed by atoms with Crippen LogP contribution in [0.4, 0.5) is 5.69 Å². The Balaban J connectivity index is 1.36. The number of hydrogen-bond acceptors (Lipinski definition) is 5. The van der Waals surface area contributed by atoms with E-state index in [0.717, 1.165) is 38.6 Å². The minimum Gasteiger partial charge on any atom is -0.379 e. The number of H-pyrrole nitrogens is 2. The average Bonchev–Trinajstić information content (AvgIpc) is 3.32. The molecule has 168 valence electrons. The molecule has 1 saturated carbocycles. The number of carbonyl (C=O) groups is 1. The highest BCUT2D eigenvalue weighted by Gasteiger charge is 2.25. The van der Waals surface area contributed by atoms with Crippen LogP contribution in [-0.4, -0.2) is 38.0 Å². The van der Waals surface area contributed by atoms with Crippen molar-refractivity contribution in [3.8, 4) is 0 Å². The van der Waals surface area contributed by atoms with E-state index in [1.165, 1.54) is 5.56 Å². The summed E-state index contributed by atoms with van der Waals surface area (Å²) < 4.78 is 1.93. The minimum atomic E-state index is -0.697. The van der Waals surface area contributed by atoms with Crippen molar-refractivity contribution in [2.45, 2.75) is 50.6 Å². The Hall–Kier alpha value is -3.62. The van der Waals surface area contributed by atoms with E-state index < -0.39 is 17.2 Å². The van der Waals surface area contributed by atoms with Crippen LogP contribution in [0, 0.1) is 0 Å². The first-order chi connectivity index (χ1) is 15.6. The van der Waals surface area contributed by atoms with Crippen molar-refractivity contribution in [2.24, 2.45) is 0 Å². The number of aromatic nitrogens is 4. The number of nitrogens with one attached hydrogen (secondary N) is 4. The number of amides is 1. The molecule has 32 heavy (non-hydrogen) atoms. The molecule has 1 aliphatic rings. The fourth-order valence-electron chi connectivity index (χ4n) is 4.27. The van der Waals surface area contributed by atoms with E-state index in [4.69, 9.17) is 0 Å². The molecule has 0 atom stereocenters. The highest BCUT2D eigenvalue weighted by molar-refractivity contribution is 5.97. The first-order valence-corrected chi connectivity index (χ1v) is 11.0. The number of imidazole rings is 1. The smallest absolute Gasteiger partial charge is 0.326 e. The minimum absolute atomic E-state index is 0.0133. The Morgan fingerprint density at radius 1 is 1.09 bits per heavy atom. The lowest BCUT2D eigenvalue weighted by molar-refractivity contribution is 0.0921. The number of carbonyl (C=O) groups excluding carboxylic acids is 1. The second-order valence-corrected chi connectivity index (χ2v) is 8.17. The normalized spacial score (nSPS) is 18.2. The summed E-state index contributed by atoms with van der Waals surface area (Å²) in [6.07, 6.45) is 9.69. The largest absolute Gasteiger partial charge is 0.379 e. The molecule has 1 fully saturated rings. The fourth-order valence-corrected chi connectivity index (χ4v) is 4.27. The van der Waals surface area contributed by atoms with Crippen LogP contribution in [0.2, 0.25) is 0 Å². The molecule has 0 unspecified atom stereocenters. The Labute approximate surface area is 185 Å². The van der Waals surface area contributed by atoms with E-state index in [0.29, 0.717) is 12.5 Å². The second kappa shape index (κ2) is 10.1. The van der Waals surface area contributed by atoms with Crippen LogP contribution in [0.5, 0.6) is 0 Å². The van der Waals surface area contributed by atoms with Gasteiger partial charge < -0.3 is 20.2 Å². The van der Waals surface area contributed by atoms with E-state index in [1.54, 1.807) is 12.5 Å². The van der Waals surface area contributed by atoms with Gasteiger partial charge in [0, 0.05) is 31.5 Å². The molecule has 1 aliphatic carbocycles. The van der Waals surface area contributed by atoms with Gasteiger partial charge in [0.1, 0.15) is 11.4 Å². The van der Waals surface area contributed by atoms with Gasteiger partial charge in [-0.3, -0.25) is 14.6 Å². The van der Waals surface area contributed by atoms with Gasteiger partial charge in [-0.25, -0.2) is 9.78 Å². The first-order valence-electron chi connectivity index (χ1n) is 11.0. The summed E-state index contributed by atoms with van der Waals surface area (Å²) in [4.78, 5) is 45.8. The van der Waals surface area contributed by atoms with Gasteiger partial charge in [0.25, 0.3) is 11.5 Å². The highest BCUT2D eigenvalue weighted by Crippen LogP contribution is 2.32. The van der Waals surface area contributed by atoms with Gasteiger partial charge in [-0.2, -0.15) is 0 Å². The Morgan fingerprint density at radius 2 is 1.88 bits per heavy atom. The summed E-state index contributed by atoms with van der Waals surface area (Å²) in [6, 6.07) is 10.4. The number of benzene rings is 1. The molecular formula is C23H28N6O3. The lowest BCUT2D eigenvalue weighted by Crippen LogP contribution is -2.40. The van der Waals surface area contributed by atoms with Crippen LogP contribution in [0.25, 0.3) is 0 Å². The molecule has 0 aliphatic heterocycles. The van der Waals surface area contributed by atoms with Crippen molar-refractivity contribution < 1.29 is 4.79 Å². The van der Waals surface area contributed by atoms with Crippen molar-refractivity contribution in [2.75, 3.05) is 11.9 Å². The van der Waals surface area contributed by atoms with E-state index in [1.807, 2.05) is 16.8 Å². The molecule has 9 nitrogen and oxygen atoms in total. The maximum Gasteiger partial charge on any atom is 0.326 e. The van der Waals surface area contributed by atoms with Crippen molar-refractivity contribution in [1.29, 1.82) is 0 Å². The van der Waals surface area contributed by atoms with Crippen molar-refractivity contribution in [3.63, 3.8) is 0 Å². The standard InChI is InChI=1S/C23H28N6O3/c30-21-19(25-11-4-13-29-14-12-24-15-29)20(27-23(32)28-21)22(31)26-18-9-7-17(8-10-18)16-5-2-1-3-6-16/h1-3,5-6,12,14-15,17-18,25H,4,7-11,13H2,(H,26,31)(H2,27,28,30,32). The molecule has 9 heteroatoms. The second-order valence-electron chi connectivity index (χ2n) is 8.17. The number of nitrogens with zero attached hydrogens (tertiary/aromatic N) is 2. The van der Waals surface area contributed by atoms with Crippen LogP contribution in [0.3, 0.4) is 0 Å². The molecule has 3 aromatic rings. The van der Waals surface area contributed by atoms with E-state index in [-0.39, 0.29) is 17.4 Å². The van der Waals surface area contributed by atoms with Crippen molar-refractivity contribution >= 4 is 11.6 Å². The van der Waals surface area contributed by atoms with Crippen LogP contribution in [0.1, 0.15) is 54.1 Å². The van der Waals surface area contributed by atoms with Gasteiger partial charge in [-0.05, 0) is 43.6 Å². The monoisotopic (exact) mass is 436 g/mol. The number of anilines is 1. The fraction of sp³-hybridized carbons (Fsp3) is 0.391. The quantitative estimate of drug-likeness (QED) is 0.403. The van der Waals surface area contributed by atoms with Crippen LogP contribution >= 0.6 is 0 Å². The summed E-state index contributed by atoms with van der Waals surface area (Å²) in [6.45, 7) is 1.19. The van der Waals surface area contributed by atoms with Gasteiger partial charge in [0.2, 0.25) is 0 Å². The third kappa shape index (κ3) is 5.35. The molecule has 4 rings (SSSR count). The zero-order chi connectivity index (χ0) is 22.3. The maximum absolute atomic E-state index is 12.9. The maximum atomic E-state index is 12.9. The number of aryl methyl sites for hydroxylation is 1. The molecule has 0 spiro atoms. The predicted octanol–water partition coefficient (Wildman–Crippen LogP) is 2.22. The van der Waals surface area contributed by atoms with Crippen LogP contribution in [-0.2, 0) is 6.54 Å². The molecule has 2 aromatic heterocycles. The van der Waals surface area contributed by atoms with Crippen molar-refractivity contribution in [1.82, 2.24) is 24.8 Å². The highest BCUT2D eigenvalue weighted by atomic mass is 16.2. The lowest BCUT2D eigenvalue weighted by Gasteiger charge is -2.29. The molecular weight excluding hydrogens is 408 g/mol. The zero-order valence-electron chi connectivity index (χ0n) is 17.8. The molecule has 0 saturated heterocycles. The van der Waals surface area contributed by atoms with E-state index in [2.05, 4.69) is 49.9 Å². The molecule has 2 heterocycles. The molecule has 1 aromatic carbocycles. The van der Waals surface area contributed by atoms with Gasteiger partial charge >= 0.3 is 5.69 Å². The topological polar surface area (TPSA) is 125 Å². The number of aromatic amines is 2. The summed E-state index contributed by atoms with van der Waals surface area (Å²) in [5.41, 5.74) is 0.0989. The SMILES string of the molecule is O=C(NC1CCC(c2ccccc2)CC1)c1[nH]c(=O)[nH]c(=O)c1NCCCn1ccnc1. The van der Waals surface area contributed by atoms with Gasteiger partial charge in [0.15, 0.2) is 0 Å². The summed E-state index contributed by atoms with van der Waals surface area (Å²) in [5.74, 6) is 0.0601. The predicted molar refractivity (Wildman–Crippen MR) is 122 cm³/mol. The van der Waals surface area contributed by atoms with E-state index in [9.17, 15) is 14.4 Å². The molecule has 1 amide bonds. The van der Waals surface area contributed by atoms with Crippen LogP contribution < -0.4 is 21.9 Å². The first kappa shape index (κ1) is 21.6. The third-order valence-corrected chi connectivity index (χ3v) is 5.96. The van der Waals surface area contributed by atoms with Crippen LogP contribution in [0.15, 0.2) is 58.6 Å². The third-order valence-electron chi connectivity index (χ3n) is 5.96. The summed E-state index contributed by atoms with van der Waals surface area (Å²) >= 11 is 0. The van der Waals surface area contributed by atoms with Crippen molar-refractivity contribution in [3.05, 3.63) is 81.1 Å². The summed E-state index contributed by atoms with van der Waals surface area (Å²) in [7, 11) is 0. The van der Waals surface area contributed by atoms with Gasteiger partial charge in [-0.1, -0.05) is 30.3 Å². The molecule has 0 radical (unpaired) electrons.